The SMILES string of the molecule is Cc1cc([C@@H](C)Nc2ccc(Cl)nc2C(=O)O)c2nc(-c3ccccc3)nc(N(C)C)c2c1. The number of aromatic carboxylic acids is 1. The Hall–Kier alpha value is -3.71. The zero-order valence-corrected chi connectivity index (χ0v) is 19.6. The Balaban J connectivity index is 1.89. The van der Waals surface area contributed by atoms with Crippen molar-refractivity contribution >= 4 is 40.0 Å². The van der Waals surface area contributed by atoms with E-state index in [-0.39, 0.29) is 16.9 Å². The van der Waals surface area contributed by atoms with Crippen molar-refractivity contribution in [2.75, 3.05) is 24.3 Å². The zero-order chi connectivity index (χ0) is 23.7. The van der Waals surface area contributed by atoms with Crippen molar-refractivity contribution in [3.05, 3.63) is 76.6 Å². The number of aryl methyl sites for hydroxylation is 1. The number of carbonyl (C=O) groups is 1. The van der Waals surface area contributed by atoms with Gasteiger partial charge in [-0.1, -0.05) is 48.0 Å². The minimum Gasteiger partial charge on any atom is -0.476 e. The lowest BCUT2D eigenvalue weighted by atomic mass is 10.00. The number of anilines is 2. The van der Waals surface area contributed by atoms with E-state index in [2.05, 4.69) is 22.4 Å². The lowest BCUT2D eigenvalue weighted by Gasteiger charge is -2.22. The number of rotatable bonds is 6. The van der Waals surface area contributed by atoms with E-state index in [1.807, 2.05) is 63.2 Å². The number of nitrogens with zero attached hydrogens (tertiary/aromatic N) is 4. The Morgan fingerprint density at radius 3 is 2.45 bits per heavy atom. The Morgan fingerprint density at radius 2 is 1.79 bits per heavy atom. The van der Waals surface area contributed by atoms with Crippen LogP contribution in [-0.4, -0.2) is 40.1 Å². The Kier molecular flexibility index (Phi) is 6.16. The molecule has 0 saturated heterocycles. The minimum atomic E-state index is -1.15. The summed E-state index contributed by atoms with van der Waals surface area (Å²) in [4.78, 5) is 27.4. The molecule has 8 heteroatoms. The molecule has 0 aliphatic carbocycles. The second-order valence-electron chi connectivity index (χ2n) is 8.08. The van der Waals surface area contributed by atoms with E-state index in [1.165, 1.54) is 0 Å². The number of benzene rings is 2. The number of hydrogen-bond donors (Lipinski definition) is 2. The van der Waals surface area contributed by atoms with Crippen LogP contribution in [0.5, 0.6) is 0 Å². The smallest absolute Gasteiger partial charge is 0.356 e. The van der Waals surface area contributed by atoms with Crippen LogP contribution < -0.4 is 10.2 Å². The molecule has 2 N–H and O–H groups in total. The highest BCUT2D eigenvalue weighted by molar-refractivity contribution is 6.29. The third kappa shape index (κ3) is 4.59. The van der Waals surface area contributed by atoms with Gasteiger partial charge < -0.3 is 15.3 Å². The van der Waals surface area contributed by atoms with E-state index >= 15 is 0 Å². The average Bonchev–Trinajstić information content (AvgIpc) is 2.79. The first-order chi connectivity index (χ1) is 15.7. The molecule has 168 valence electrons. The molecule has 2 aromatic carbocycles. The average molecular weight is 462 g/mol. The molecule has 0 saturated carbocycles. The third-order valence-corrected chi connectivity index (χ3v) is 5.52. The molecule has 0 aliphatic heterocycles. The van der Waals surface area contributed by atoms with Crippen molar-refractivity contribution in [1.82, 2.24) is 15.0 Å². The number of fused-ring (bicyclic) bond motifs is 1. The predicted molar refractivity (Wildman–Crippen MR) is 132 cm³/mol. The standard InChI is InChI=1S/C25H24ClN5O2/c1-14-12-17(15(2)27-19-10-11-20(26)28-22(19)25(32)33)21-18(13-14)24(31(3)4)30-23(29-21)16-8-6-5-7-9-16/h5-13,15,27H,1-4H3,(H,32,33)/t15-/m1/s1. The van der Waals surface area contributed by atoms with Gasteiger partial charge in [0.05, 0.1) is 17.2 Å². The van der Waals surface area contributed by atoms with Gasteiger partial charge >= 0.3 is 5.97 Å². The van der Waals surface area contributed by atoms with Crippen LogP contribution in [0.2, 0.25) is 5.15 Å². The summed E-state index contributed by atoms with van der Waals surface area (Å²) in [5.41, 5.74) is 3.97. The first-order valence-corrected chi connectivity index (χ1v) is 10.8. The topological polar surface area (TPSA) is 91.2 Å². The highest BCUT2D eigenvalue weighted by atomic mass is 35.5. The molecule has 2 aromatic heterocycles. The number of hydrogen-bond acceptors (Lipinski definition) is 6. The van der Waals surface area contributed by atoms with Gasteiger partial charge in [0.1, 0.15) is 11.0 Å². The number of carboxylic acid groups (broad SMARTS) is 1. The number of aromatic nitrogens is 3. The zero-order valence-electron chi connectivity index (χ0n) is 18.8. The highest BCUT2D eigenvalue weighted by Gasteiger charge is 2.20. The minimum absolute atomic E-state index is 0.125. The molecule has 33 heavy (non-hydrogen) atoms. The maximum absolute atomic E-state index is 11.7. The molecule has 0 aliphatic rings. The van der Waals surface area contributed by atoms with Crippen LogP contribution in [0.25, 0.3) is 22.3 Å². The molecular formula is C25H24ClN5O2. The van der Waals surface area contributed by atoms with E-state index < -0.39 is 5.97 Å². The first-order valence-electron chi connectivity index (χ1n) is 10.5. The molecule has 0 bridgehead atoms. The largest absolute Gasteiger partial charge is 0.476 e. The molecule has 0 unspecified atom stereocenters. The van der Waals surface area contributed by atoms with Gasteiger partial charge in [-0.25, -0.2) is 19.7 Å². The van der Waals surface area contributed by atoms with E-state index in [4.69, 9.17) is 21.6 Å². The molecule has 0 amide bonds. The molecular weight excluding hydrogens is 438 g/mol. The highest BCUT2D eigenvalue weighted by Crippen LogP contribution is 2.34. The molecule has 0 radical (unpaired) electrons. The van der Waals surface area contributed by atoms with E-state index in [9.17, 15) is 9.90 Å². The molecule has 7 nitrogen and oxygen atoms in total. The molecule has 0 fully saturated rings. The quantitative estimate of drug-likeness (QED) is 0.361. The molecule has 4 rings (SSSR count). The second-order valence-corrected chi connectivity index (χ2v) is 8.47. The van der Waals surface area contributed by atoms with Crippen LogP contribution in [0, 0.1) is 6.92 Å². The Labute approximate surface area is 197 Å². The van der Waals surface area contributed by atoms with Gasteiger partial charge in [0, 0.05) is 30.6 Å². The lowest BCUT2D eigenvalue weighted by Crippen LogP contribution is -2.15. The number of nitrogens with one attached hydrogen (secondary N) is 1. The third-order valence-electron chi connectivity index (χ3n) is 5.31. The second kappa shape index (κ2) is 9.03. The number of halogens is 1. The van der Waals surface area contributed by atoms with Crippen molar-refractivity contribution in [2.45, 2.75) is 19.9 Å². The summed E-state index contributed by atoms with van der Waals surface area (Å²) in [6.07, 6.45) is 0. The van der Waals surface area contributed by atoms with Crippen LogP contribution in [0.15, 0.2) is 54.6 Å². The van der Waals surface area contributed by atoms with Crippen LogP contribution in [0.4, 0.5) is 11.5 Å². The maximum Gasteiger partial charge on any atom is 0.356 e. The van der Waals surface area contributed by atoms with Crippen molar-refractivity contribution in [1.29, 1.82) is 0 Å². The van der Waals surface area contributed by atoms with Crippen LogP contribution >= 0.6 is 11.6 Å². The fourth-order valence-corrected chi connectivity index (χ4v) is 3.95. The van der Waals surface area contributed by atoms with Gasteiger partial charge in [0.15, 0.2) is 11.5 Å². The number of carboxylic acids is 1. The van der Waals surface area contributed by atoms with Crippen molar-refractivity contribution in [3.63, 3.8) is 0 Å². The summed E-state index contributed by atoms with van der Waals surface area (Å²) >= 11 is 5.91. The predicted octanol–water partition coefficient (Wildman–Crippen LogP) is 5.59. The van der Waals surface area contributed by atoms with E-state index in [0.29, 0.717) is 11.5 Å². The summed E-state index contributed by atoms with van der Waals surface area (Å²) < 4.78 is 0. The summed E-state index contributed by atoms with van der Waals surface area (Å²) in [6, 6.07) is 16.9. The Morgan fingerprint density at radius 1 is 1.06 bits per heavy atom. The molecule has 1 atom stereocenters. The van der Waals surface area contributed by atoms with Crippen molar-refractivity contribution < 1.29 is 9.90 Å². The van der Waals surface area contributed by atoms with Gasteiger partial charge in [-0.05, 0) is 37.6 Å². The number of pyridine rings is 1. The normalized spacial score (nSPS) is 11.9. The van der Waals surface area contributed by atoms with E-state index in [1.54, 1.807) is 12.1 Å². The van der Waals surface area contributed by atoms with Gasteiger partial charge in [-0.15, -0.1) is 0 Å². The van der Waals surface area contributed by atoms with Gasteiger partial charge in [0.25, 0.3) is 0 Å². The van der Waals surface area contributed by atoms with Crippen molar-refractivity contribution in [3.8, 4) is 11.4 Å². The van der Waals surface area contributed by atoms with Crippen LogP contribution in [0.1, 0.15) is 34.6 Å². The van der Waals surface area contributed by atoms with Crippen molar-refractivity contribution in [2.24, 2.45) is 0 Å². The summed E-state index contributed by atoms with van der Waals surface area (Å²) in [6.45, 7) is 3.99. The van der Waals surface area contributed by atoms with Crippen LogP contribution in [0.3, 0.4) is 0 Å². The monoisotopic (exact) mass is 461 g/mol. The fraction of sp³-hybridized carbons (Fsp3) is 0.200. The summed E-state index contributed by atoms with van der Waals surface area (Å²) in [7, 11) is 3.91. The molecule has 0 spiro atoms. The first kappa shape index (κ1) is 22.5. The Bertz CT molecular complexity index is 1340. The van der Waals surface area contributed by atoms with E-state index in [0.717, 1.165) is 33.4 Å². The summed E-state index contributed by atoms with van der Waals surface area (Å²) in [5.74, 6) is 0.295. The molecule has 4 aromatic rings. The fourth-order valence-electron chi connectivity index (χ4n) is 3.81. The van der Waals surface area contributed by atoms with Crippen LogP contribution in [-0.2, 0) is 0 Å². The van der Waals surface area contributed by atoms with Gasteiger partial charge in [-0.2, -0.15) is 0 Å². The maximum atomic E-state index is 11.7. The summed E-state index contributed by atoms with van der Waals surface area (Å²) in [5, 5.41) is 13.9. The lowest BCUT2D eigenvalue weighted by molar-refractivity contribution is 0.0691. The van der Waals surface area contributed by atoms with Gasteiger partial charge in [0.2, 0.25) is 0 Å². The molecule has 2 heterocycles. The van der Waals surface area contributed by atoms with Gasteiger partial charge in [-0.3, -0.25) is 0 Å².